The molecule has 0 aromatic heterocycles. The first-order valence-corrected chi connectivity index (χ1v) is 17.6. The number of aliphatic hydroxyl groups is 1. The summed E-state index contributed by atoms with van der Waals surface area (Å²) in [4.78, 5) is 13.5. The standard InChI is InChI=1S/C36H50O8Si/c1-26(22-42-24-39-5)36(23-43-25-40-6)30-18-19-31(36)33(37)32(30)29(34(38)41-7)20-21-44-45(35(2,3)4,27-14-10-8-11-15-27)28-16-12-9-13-17-28/h8-17,30-31,33,37H,1,18-25H2,2-7H3/b32-29-/t30-,31+,33+,36+/m1/s1. The fourth-order valence-corrected chi connectivity index (χ4v) is 12.4. The van der Waals surface area contributed by atoms with Crippen molar-refractivity contribution in [3.05, 3.63) is 84.0 Å². The molecule has 9 heteroatoms. The van der Waals surface area contributed by atoms with Crippen LogP contribution in [-0.4, -0.2) is 80.2 Å². The van der Waals surface area contributed by atoms with Crippen LogP contribution < -0.4 is 10.4 Å². The Kier molecular flexibility index (Phi) is 12.0. The van der Waals surface area contributed by atoms with E-state index in [-0.39, 0.29) is 43.7 Å². The van der Waals surface area contributed by atoms with Crippen molar-refractivity contribution in [1.82, 2.24) is 0 Å². The number of rotatable bonds is 16. The van der Waals surface area contributed by atoms with Crippen molar-refractivity contribution in [2.24, 2.45) is 17.3 Å². The molecule has 2 aliphatic carbocycles. The minimum atomic E-state index is -2.83. The van der Waals surface area contributed by atoms with Gasteiger partial charge in [-0.05, 0) is 45.3 Å². The van der Waals surface area contributed by atoms with Gasteiger partial charge in [0, 0.05) is 44.2 Å². The molecule has 45 heavy (non-hydrogen) atoms. The van der Waals surface area contributed by atoms with E-state index in [1.165, 1.54) is 7.11 Å². The van der Waals surface area contributed by atoms with Crippen molar-refractivity contribution >= 4 is 24.7 Å². The molecule has 0 heterocycles. The normalized spacial score (nSPS) is 24.1. The molecule has 2 aromatic carbocycles. The maximum atomic E-state index is 13.5. The first-order valence-electron chi connectivity index (χ1n) is 15.7. The van der Waals surface area contributed by atoms with E-state index in [4.69, 9.17) is 28.1 Å². The Hall–Kier alpha value is -2.63. The number of esters is 1. The highest BCUT2D eigenvalue weighted by atomic mass is 28.4. The van der Waals surface area contributed by atoms with Gasteiger partial charge in [-0.3, -0.25) is 0 Å². The number of hydrogen-bond donors (Lipinski definition) is 1. The van der Waals surface area contributed by atoms with E-state index >= 15 is 0 Å². The maximum absolute atomic E-state index is 13.5. The molecule has 2 fully saturated rings. The molecule has 0 saturated heterocycles. The topological polar surface area (TPSA) is 92.7 Å². The van der Waals surface area contributed by atoms with E-state index in [9.17, 15) is 9.90 Å². The van der Waals surface area contributed by atoms with Gasteiger partial charge in [-0.1, -0.05) is 88.0 Å². The van der Waals surface area contributed by atoms with Crippen LogP contribution in [-0.2, 0) is 32.9 Å². The monoisotopic (exact) mass is 638 g/mol. The fourth-order valence-electron chi connectivity index (χ4n) is 7.85. The van der Waals surface area contributed by atoms with Crippen LogP contribution >= 0.6 is 0 Å². The average molecular weight is 639 g/mol. The summed E-state index contributed by atoms with van der Waals surface area (Å²) < 4.78 is 34.4. The van der Waals surface area contributed by atoms with Gasteiger partial charge in [-0.2, -0.15) is 0 Å². The van der Waals surface area contributed by atoms with Gasteiger partial charge in [0.2, 0.25) is 0 Å². The molecule has 8 nitrogen and oxygen atoms in total. The van der Waals surface area contributed by atoms with Crippen molar-refractivity contribution in [1.29, 1.82) is 0 Å². The second-order valence-electron chi connectivity index (χ2n) is 13.0. The predicted molar refractivity (Wildman–Crippen MR) is 177 cm³/mol. The number of carbonyl (C=O) groups is 1. The molecule has 0 spiro atoms. The fraction of sp³-hybridized carbons (Fsp3) is 0.528. The summed E-state index contributed by atoms with van der Waals surface area (Å²) in [7, 11) is 1.70. The van der Waals surface area contributed by atoms with Crippen molar-refractivity contribution in [3.63, 3.8) is 0 Å². The molecule has 4 atom stereocenters. The largest absolute Gasteiger partial charge is 0.466 e. The van der Waals surface area contributed by atoms with Crippen molar-refractivity contribution in [3.8, 4) is 0 Å². The van der Waals surface area contributed by atoms with Crippen LogP contribution in [0.15, 0.2) is 84.0 Å². The number of carbonyl (C=O) groups excluding carboxylic acids is 1. The zero-order valence-electron chi connectivity index (χ0n) is 27.7. The lowest BCUT2D eigenvalue weighted by Crippen LogP contribution is -2.66. The lowest BCUT2D eigenvalue weighted by Gasteiger charge is -2.43. The Labute approximate surface area is 269 Å². The van der Waals surface area contributed by atoms with Crippen LogP contribution in [0.3, 0.4) is 0 Å². The summed E-state index contributed by atoms with van der Waals surface area (Å²) in [6, 6.07) is 20.8. The van der Waals surface area contributed by atoms with Crippen molar-refractivity contribution in [2.75, 3.05) is 54.7 Å². The number of benzene rings is 2. The predicted octanol–water partition coefficient (Wildman–Crippen LogP) is 4.61. The molecule has 0 aliphatic heterocycles. The van der Waals surface area contributed by atoms with Crippen LogP contribution in [0, 0.1) is 17.3 Å². The van der Waals surface area contributed by atoms with E-state index in [1.807, 2.05) is 12.1 Å². The summed E-state index contributed by atoms with van der Waals surface area (Å²) in [5, 5.41) is 14.0. The van der Waals surface area contributed by atoms with Gasteiger partial charge in [0.1, 0.15) is 13.6 Å². The summed E-state index contributed by atoms with van der Waals surface area (Å²) in [5.74, 6) is -0.809. The molecule has 2 saturated carbocycles. The summed E-state index contributed by atoms with van der Waals surface area (Å²) in [6.45, 7) is 12.2. The van der Waals surface area contributed by atoms with E-state index in [0.717, 1.165) is 28.8 Å². The molecular formula is C36H50O8Si. The average Bonchev–Trinajstić information content (AvgIpc) is 3.52. The van der Waals surface area contributed by atoms with Gasteiger partial charge < -0.3 is 33.2 Å². The van der Waals surface area contributed by atoms with Crippen LogP contribution in [0.2, 0.25) is 5.04 Å². The van der Waals surface area contributed by atoms with E-state index in [1.54, 1.807) is 14.2 Å². The number of methoxy groups -OCH3 is 3. The Bertz CT molecular complexity index is 1270. The van der Waals surface area contributed by atoms with Gasteiger partial charge in [-0.25, -0.2) is 4.79 Å². The maximum Gasteiger partial charge on any atom is 0.333 e. The number of aliphatic hydroxyl groups excluding tert-OH is 1. The Morgan fingerprint density at radius 3 is 2.04 bits per heavy atom. The Balaban J connectivity index is 1.74. The third-order valence-electron chi connectivity index (χ3n) is 9.67. The highest BCUT2D eigenvalue weighted by Crippen LogP contribution is 2.64. The number of hydrogen-bond acceptors (Lipinski definition) is 8. The highest BCUT2D eigenvalue weighted by Gasteiger charge is 2.63. The molecule has 0 amide bonds. The van der Waals surface area contributed by atoms with Gasteiger partial charge in [0.25, 0.3) is 8.32 Å². The Morgan fingerprint density at radius 2 is 1.51 bits per heavy atom. The van der Waals surface area contributed by atoms with Gasteiger partial charge in [0.15, 0.2) is 0 Å². The van der Waals surface area contributed by atoms with Crippen molar-refractivity contribution < 1.29 is 38.0 Å². The smallest absolute Gasteiger partial charge is 0.333 e. The lowest BCUT2D eigenvalue weighted by molar-refractivity contribution is -0.136. The van der Waals surface area contributed by atoms with Crippen LogP contribution in [0.25, 0.3) is 0 Å². The third-order valence-corrected chi connectivity index (χ3v) is 14.7. The zero-order chi connectivity index (χ0) is 32.7. The minimum absolute atomic E-state index is 0.110. The molecule has 246 valence electrons. The lowest BCUT2D eigenvalue weighted by atomic mass is 9.71. The number of ether oxygens (including phenoxy) is 5. The molecule has 2 aliphatic rings. The van der Waals surface area contributed by atoms with Crippen LogP contribution in [0.1, 0.15) is 40.0 Å². The van der Waals surface area contributed by atoms with Gasteiger partial charge in [-0.15, -0.1) is 0 Å². The molecule has 2 bridgehead atoms. The Morgan fingerprint density at radius 1 is 0.933 bits per heavy atom. The second kappa shape index (κ2) is 15.3. The summed E-state index contributed by atoms with van der Waals surface area (Å²) >= 11 is 0. The molecule has 0 unspecified atom stereocenters. The quantitative estimate of drug-likeness (QED) is 0.0712. The van der Waals surface area contributed by atoms with Gasteiger partial charge in [0.05, 0.1) is 26.4 Å². The second-order valence-corrected chi connectivity index (χ2v) is 17.3. The van der Waals surface area contributed by atoms with E-state index in [2.05, 4.69) is 75.9 Å². The van der Waals surface area contributed by atoms with Crippen LogP contribution in [0.5, 0.6) is 0 Å². The third kappa shape index (κ3) is 6.76. The minimum Gasteiger partial charge on any atom is -0.466 e. The molecule has 4 rings (SSSR count). The zero-order valence-corrected chi connectivity index (χ0v) is 28.7. The summed E-state index contributed by atoms with van der Waals surface area (Å²) in [6.07, 6.45) is 1.01. The first kappa shape index (κ1) is 35.2. The number of fused-ring (bicyclic) bond motifs is 2. The highest BCUT2D eigenvalue weighted by molar-refractivity contribution is 6.99. The molecule has 1 N–H and O–H groups in total. The SMILES string of the molecule is C=C(COCOC)[C@@]1(COCOC)[C@@H]2CC[C@H]1[C@H](O)/C2=C(/CCO[Si](c1ccccc1)(c1ccccc1)C(C)(C)C)C(=O)OC. The van der Waals surface area contributed by atoms with E-state index < -0.39 is 25.8 Å². The summed E-state index contributed by atoms with van der Waals surface area (Å²) in [5.41, 5.74) is 1.36. The van der Waals surface area contributed by atoms with E-state index in [0.29, 0.717) is 24.2 Å². The molecule has 0 radical (unpaired) electrons. The van der Waals surface area contributed by atoms with Crippen molar-refractivity contribution in [2.45, 2.75) is 51.2 Å². The molecular weight excluding hydrogens is 588 g/mol. The van der Waals surface area contributed by atoms with Gasteiger partial charge >= 0.3 is 5.97 Å². The van der Waals surface area contributed by atoms with Crippen LogP contribution in [0.4, 0.5) is 0 Å². The molecule has 2 aromatic rings. The first-order chi connectivity index (χ1) is 21.6.